The molecule has 0 unspecified atom stereocenters. The molecule has 0 aliphatic rings. The zero-order valence-corrected chi connectivity index (χ0v) is 16.7. The van der Waals surface area contributed by atoms with E-state index in [0.29, 0.717) is 0 Å². The molecule has 4 rings (SSSR count). The summed E-state index contributed by atoms with van der Waals surface area (Å²) in [6.45, 7) is 0. The molecule has 0 amide bonds. The number of hydrogen-bond acceptors (Lipinski definition) is 0. The van der Waals surface area contributed by atoms with Crippen LogP contribution in [0.15, 0.2) is 121 Å². The van der Waals surface area contributed by atoms with Crippen LogP contribution in [-0.2, 0) is 0 Å². The van der Waals surface area contributed by atoms with Gasteiger partial charge in [0.15, 0.2) is 0 Å². The summed E-state index contributed by atoms with van der Waals surface area (Å²) in [5.74, 6) is 0. The summed E-state index contributed by atoms with van der Waals surface area (Å²) in [6, 6.07) is 43.5. The first kappa shape index (κ1) is 19.7. The van der Waals surface area contributed by atoms with E-state index in [-0.39, 0.29) is 0 Å². The number of quaternary nitrogens is 1. The first-order valence-corrected chi connectivity index (χ1v) is 9.95. The van der Waals surface area contributed by atoms with Crippen LogP contribution >= 0.6 is 0 Å². The van der Waals surface area contributed by atoms with E-state index in [1.54, 1.807) is 0 Å². The Bertz CT molecular complexity index is 775. The second kappa shape index (κ2) is 9.73. The third-order valence-corrected chi connectivity index (χ3v) is 5.20. The third kappa shape index (κ3) is 3.93. The highest BCUT2D eigenvalue weighted by atomic mass is 14.7. The number of benzene rings is 4. The van der Waals surface area contributed by atoms with Crippen LogP contribution in [0.3, 0.4) is 0 Å². The van der Waals surface area contributed by atoms with Gasteiger partial charge in [-0.05, 0) is 0 Å². The lowest BCUT2D eigenvalue weighted by Crippen LogP contribution is -2.74. The predicted molar refractivity (Wildman–Crippen MR) is 124 cm³/mol. The van der Waals surface area contributed by atoms with E-state index in [4.69, 9.17) is 0 Å². The van der Waals surface area contributed by atoms with Crippen LogP contribution in [0.1, 0.15) is 0 Å². The first-order valence-electron chi connectivity index (χ1n) is 9.95. The molecule has 0 aliphatic carbocycles. The molecule has 1 nitrogen and oxygen atoms in total. The van der Waals surface area contributed by atoms with Crippen molar-refractivity contribution in [3.63, 3.8) is 0 Å². The molecule has 2 heteroatoms. The van der Waals surface area contributed by atoms with Crippen LogP contribution in [0, 0.1) is 0 Å². The summed E-state index contributed by atoms with van der Waals surface area (Å²) in [5.41, 5.74) is 5.36. The van der Waals surface area contributed by atoms with Gasteiger partial charge in [0.1, 0.15) is 6.15 Å². The van der Waals surface area contributed by atoms with Crippen LogP contribution in [-0.4, -0.2) is 20.2 Å². The summed E-state index contributed by atoms with van der Waals surface area (Å²) < 4.78 is 0. The highest BCUT2D eigenvalue weighted by Crippen LogP contribution is 2.09. The minimum atomic E-state index is -1.22. The molecule has 0 saturated heterocycles. The Labute approximate surface area is 169 Å². The molecule has 2 N–H and O–H groups in total. The van der Waals surface area contributed by atoms with Crippen LogP contribution in [0.25, 0.3) is 0 Å². The van der Waals surface area contributed by atoms with Gasteiger partial charge in [0.2, 0.25) is 0 Å². The van der Waals surface area contributed by atoms with Gasteiger partial charge in [0.05, 0.1) is 14.1 Å². The van der Waals surface area contributed by atoms with Gasteiger partial charge in [-0.25, -0.2) is 0 Å². The summed E-state index contributed by atoms with van der Waals surface area (Å²) in [4.78, 5) is 0. The van der Waals surface area contributed by atoms with Gasteiger partial charge in [-0.3, -0.25) is 0 Å². The van der Waals surface area contributed by atoms with E-state index in [1.165, 1.54) is 21.9 Å². The molecule has 0 radical (unpaired) electrons. The molecule has 4 aromatic rings. The van der Waals surface area contributed by atoms with Crippen LogP contribution in [0.4, 0.5) is 0 Å². The molecule has 140 valence electrons. The fourth-order valence-corrected chi connectivity index (χ4v) is 4.12. The van der Waals surface area contributed by atoms with Gasteiger partial charge in [0.25, 0.3) is 0 Å². The monoisotopic (exact) mass is 365 g/mol. The Kier molecular flexibility index (Phi) is 6.83. The van der Waals surface area contributed by atoms with Crippen molar-refractivity contribution in [1.82, 2.24) is 0 Å². The summed E-state index contributed by atoms with van der Waals surface area (Å²) in [7, 11) is 4.00. The summed E-state index contributed by atoms with van der Waals surface area (Å²) >= 11 is 0. The maximum Gasteiger partial charge on any atom is 0.108 e. The van der Waals surface area contributed by atoms with Gasteiger partial charge >= 0.3 is 0 Å². The maximum absolute atomic E-state index is 2.26. The number of hydrogen-bond donors (Lipinski definition) is 1. The molecule has 4 aromatic carbocycles. The lowest BCUT2D eigenvalue weighted by atomic mass is 9.13. The average Bonchev–Trinajstić information content (AvgIpc) is 2.78. The van der Waals surface area contributed by atoms with E-state index in [2.05, 4.69) is 121 Å². The van der Waals surface area contributed by atoms with Crippen molar-refractivity contribution in [3.05, 3.63) is 121 Å². The molecule has 0 spiro atoms. The Morgan fingerprint density at radius 2 is 0.571 bits per heavy atom. The van der Waals surface area contributed by atoms with Gasteiger partial charge in [0, 0.05) is 0 Å². The molecular formula is C26H28BN. The van der Waals surface area contributed by atoms with Crippen molar-refractivity contribution in [1.29, 1.82) is 0 Å². The average molecular weight is 365 g/mol. The molecule has 0 aliphatic heterocycles. The van der Waals surface area contributed by atoms with Crippen molar-refractivity contribution < 1.29 is 5.32 Å². The third-order valence-electron chi connectivity index (χ3n) is 5.20. The highest BCUT2D eigenvalue weighted by Gasteiger charge is 2.30. The van der Waals surface area contributed by atoms with Crippen molar-refractivity contribution in [3.8, 4) is 0 Å². The van der Waals surface area contributed by atoms with Crippen LogP contribution in [0.2, 0.25) is 0 Å². The second-order valence-electron chi connectivity index (χ2n) is 7.09. The van der Waals surface area contributed by atoms with Crippen molar-refractivity contribution >= 4 is 28.0 Å². The standard InChI is InChI=1S/C24H20B.C2H7N/c1-5-13-21(14-6-1)25(22-15-7-2-8-16-22,23-17-9-3-10-18-23)24-19-11-4-12-20-24;1-3-2/h1-20H;3H,1-2H3/q-1;/p+1. The minimum absolute atomic E-state index is 1.22. The Hall–Kier alpha value is -3.10. The normalized spacial score (nSPS) is 10.6. The van der Waals surface area contributed by atoms with Crippen molar-refractivity contribution in [2.75, 3.05) is 14.1 Å². The molecule has 28 heavy (non-hydrogen) atoms. The topological polar surface area (TPSA) is 16.6 Å². The SMILES string of the molecule is C[NH2+]C.c1ccc([B-](c2ccccc2)(c2ccccc2)c2ccccc2)cc1. The Balaban J connectivity index is 0.000000706. The Morgan fingerprint density at radius 3 is 0.750 bits per heavy atom. The molecule has 0 aromatic heterocycles. The van der Waals surface area contributed by atoms with Crippen molar-refractivity contribution in [2.24, 2.45) is 0 Å². The lowest BCUT2D eigenvalue weighted by Gasteiger charge is -2.44. The van der Waals surface area contributed by atoms with Gasteiger partial charge < -0.3 is 5.32 Å². The maximum atomic E-state index is 2.26. The van der Waals surface area contributed by atoms with Crippen LogP contribution < -0.4 is 27.2 Å². The second-order valence-corrected chi connectivity index (χ2v) is 7.09. The van der Waals surface area contributed by atoms with E-state index in [0.717, 1.165) is 0 Å². The minimum Gasteiger partial charge on any atom is -0.351 e. The van der Waals surface area contributed by atoms with E-state index in [9.17, 15) is 0 Å². The number of nitrogens with two attached hydrogens (primary N) is 1. The predicted octanol–water partition coefficient (Wildman–Crippen LogP) is 1.87. The fraction of sp³-hybridized carbons (Fsp3) is 0.0769. The van der Waals surface area contributed by atoms with E-state index >= 15 is 0 Å². The molecule has 0 atom stereocenters. The van der Waals surface area contributed by atoms with Gasteiger partial charge in [-0.2, -0.15) is 21.9 Å². The molecule has 0 heterocycles. The lowest BCUT2D eigenvalue weighted by molar-refractivity contribution is -0.597. The van der Waals surface area contributed by atoms with E-state index < -0.39 is 6.15 Å². The first-order chi connectivity index (χ1) is 13.8. The molecular weight excluding hydrogens is 337 g/mol. The van der Waals surface area contributed by atoms with Gasteiger partial charge in [-0.15, -0.1) is 0 Å². The molecule has 0 fully saturated rings. The van der Waals surface area contributed by atoms with E-state index in [1.807, 2.05) is 19.4 Å². The highest BCUT2D eigenvalue weighted by molar-refractivity contribution is 7.19. The van der Waals surface area contributed by atoms with Gasteiger partial charge in [-0.1, -0.05) is 121 Å². The zero-order valence-electron chi connectivity index (χ0n) is 16.7. The Morgan fingerprint density at radius 1 is 0.393 bits per heavy atom. The summed E-state index contributed by atoms with van der Waals surface area (Å²) in [5, 5.41) is 2.00. The quantitative estimate of drug-likeness (QED) is 0.532. The smallest absolute Gasteiger partial charge is 0.108 e. The fourth-order valence-electron chi connectivity index (χ4n) is 4.12. The zero-order chi connectivity index (χ0) is 19.7. The van der Waals surface area contributed by atoms with Crippen LogP contribution in [0.5, 0.6) is 0 Å². The summed E-state index contributed by atoms with van der Waals surface area (Å²) in [6.07, 6.45) is -1.22. The number of rotatable bonds is 4. The largest absolute Gasteiger partial charge is 0.351 e. The molecule has 0 bridgehead atoms. The molecule has 0 saturated carbocycles. The van der Waals surface area contributed by atoms with Crippen molar-refractivity contribution in [2.45, 2.75) is 0 Å².